The highest BCUT2D eigenvalue weighted by Gasteiger charge is 2.26. The van der Waals surface area contributed by atoms with Gasteiger partial charge in [0, 0.05) is 12.6 Å². The maximum absolute atomic E-state index is 11.5. The van der Waals surface area contributed by atoms with E-state index in [0.29, 0.717) is 6.04 Å². The predicted octanol–water partition coefficient (Wildman–Crippen LogP) is 1.65. The first-order valence-electron chi connectivity index (χ1n) is 7.05. The van der Waals surface area contributed by atoms with Gasteiger partial charge in [-0.15, -0.1) is 0 Å². The van der Waals surface area contributed by atoms with Gasteiger partial charge in [0.05, 0.1) is 7.11 Å². The number of carbonyl (C=O) groups is 1. The molecule has 1 saturated carbocycles. The Balaban J connectivity index is 2.39. The quantitative estimate of drug-likeness (QED) is 0.734. The summed E-state index contributed by atoms with van der Waals surface area (Å²) in [5.74, 6) is 0.609. The fourth-order valence-electron chi connectivity index (χ4n) is 2.97. The molecule has 0 aromatic rings. The molecule has 18 heavy (non-hydrogen) atoms. The molecule has 106 valence electrons. The maximum Gasteiger partial charge on any atom is 0.322 e. The monoisotopic (exact) mass is 256 g/mol. The molecule has 1 rings (SSSR count). The van der Waals surface area contributed by atoms with Gasteiger partial charge in [-0.05, 0) is 39.3 Å². The number of nitrogens with one attached hydrogen (secondary N) is 1. The molecule has 1 N–H and O–H groups in total. The first kappa shape index (κ1) is 15.4. The number of ether oxygens (including phenoxy) is 1. The molecule has 1 fully saturated rings. The number of methoxy groups -OCH3 is 1. The second-order valence-corrected chi connectivity index (χ2v) is 5.46. The lowest BCUT2D eigenvalue weighted by Gasteiger charge is -2.36. The van der Waals surface area contributed by atoms with E-state index in [0.717, 1.165) is 18.9 Å². The third-order valence-corrected chi connectivity index (χ3v) is 4.24. The highest BCUT2D eigenvalue weighted by Crippen LogP contribution is 2.27. The zero-order valence-electron chi connectivity index (χ0n) is 12.2. The summed E-state index contributed by atoms with van der Waals surface area (Å²) >= 11 is 0. The molecule has 0 saturated heterocycles. The highest BCUT2D eigenvalue weighted by molar-refractivity contribution is 5.75. The third kappa shape index (κ3) is 4.25. The molecule has 0 aromatic carbocycles. The molecule has 0 aromatic heterocycles. The fourth-order valence-corrected chi connectivity index (χ4v) is 2.97. The Hall–Kier alpha value is -0.610. The van der Waals surface area contributed by atoms with Crippen LogP contribution in [0.1, 0.15) is 39.0 Å². The van der Waals surface area contributed by atoms with Gasteiger partial charge in [0.25, 0.3) is 0 Å². The van der Waals surface area contributed by atoms with Crippen molar-refractivity contribution in [3.05, 3.63) is 0 Å². The molecule has 0 heterocycles. The van der Waals surface area contributed by atoms with Crippen molar-refractivity contribution >= 4 is 5.97 Å². The highest BCUT2D eigenvalue weighted by atomic mass is 16.5. The van der Waals surface area contributed by atoms with Gasteiger partial charge >= 0.3 is 5.97 Å². The number of likely N-dealkylation sites (N-methyl/N-ethyl adjacent to an activating group) is 1. The number of nitrogens with zero attached hydrogens (tertiary/aromatic N) is 1. The van der Waals surface area contributed by atoms with Crippen molar-refractivity contribution in [1.29, 1.82) is 0 Å². The molecule has 1 aliphatic rings. The van der Waals surface area contributed by atoms with Gasteiger partial charge in [-0.2, -0.15) is 0 Å². The second-order valence-electron chi connectivity index (χ2n) is 5.46. The molecule has 4 heteroatoms. The summed E-state index contributed by atoms with van der Waals surface area (Å²) in [4.78, 5) is 13.9. The molecule has 3 atom stereocenters. The van der Waals surface area contributed by atoms with Gasteiger partial charge in [0.2, 0.25) is 0 Å². The summed E-state index contributed by atoms with van der Waals surface area (Å²) in [5.41, 5.74) is 0. The van der Waals surface area contributed by atoms with E-state index >= 15 is 0 Å². The smallest absolute Gasteiger partial charge is 0.322 e. The van der Waals surface area contributed by atoms with E-state index in [-0.39, 0.29) is 12.0 Å². The SMILES string of the molecule is CNC(CCN(C)C1CCCCC1C)C(=O)OC. The average molecular weight is 256 g/mol. The van der Waals surface area contributed by atoms with Crippen LogP contribution in [0, 0.1) is 5.92 Å². The van der Waals surface area contributed by atoms with Gasteiger partial charge in [-0.3, -0.25) is 4.79 Å². The van der Waals surface area contributed by atoms with Crippen LogP contribution < -0.4 is 5.32 Å². The van der Waals surface area contributed by atoms with Gasteiger partial charge in [0.15, 0.2) is 0 Å². The number of carbonyl (C=O) groups excluding carboxylic acids is 1. The summed E-state index contributed by atoms with van der Waals surface area (Å²) in [6.07, 6.45) is 6.14. The Kier molecular flexibility index (Phi) is 6.65. The largest absolute Gasteiger partial charge is 0.468 e. The van der Waals surface area contributed by atoms with Crippen molar-refractivity contribution in [2.45, 2.75) is 51.1 Å². The maximum atomic E-state index is 11.5. The molecule has 0 spiro atoms. The van der Waals surface area contributed by atoms with Crippen LogP contribution >= 0.6 is 0 Å². The summed E-state index contributed by atoms with van der Waals surface area (Å²) < 4.78 is 4.78. The predicted molar refractivity (Wildman–Crippen MR) is 73.5 cm³/mol. The summed E-state index contributed by atoms with van der Waals surface area (Å²) in [6.45, 7) is 3.28. The van der Waals surface area contributed by atoms with Crippen LogP contribution in [0.25, 0.3) is 0 Å². The summed E-state index contributed by atoms with van der Waals surface area (Å²) in [5, 5.41) is 3.02. The molecule has 1 aliphatic carbocycles. The summed E-state index contributed by atoms with van der Waals surface area (Å²) in [6, 6.07) is 0.491. The van der Waals surface area contributed by atoms with E-state index in [4.69, 9.17) is 4.74 Å². The first-order valence-corrected chi connectivity index (χ1v) is 7.05. The Labute approximate surface area is 111 Å². The van der Waals surface area contributed by atoms with E-state index < -0.39 is 0 Å². The normalized spacial score (nSPS) is 26.1. The number of hydrogen-bond acceptors (Lipinski definition) is 4. The van der Waals surface area contributed by atoms with E-state index in [1.807, 2.05) is 7.05 Å². The van der Waals surface area contributed by atoms with Crippen molar-refractivity contribution in [2.75, 3.05) is 27.7 Å². The van der Waals surface area contributed by atoms with Crippen molar-refractivity contribution in [1.82, 2.24) is 10.2 Å². The Morgan fingerprint density at radius 3 is 2.67 bits per heavy atom. The van der Waals surface area contributed by atoms with Crippen molar-refractivity contribution in [3.63, 3.8) is 0 Å². The van der Waals surface area contributed by atoms with Crippen LogP contribution in [0.3, 0.4) is 0 Å². The molecular formula is C14H28N2O2. The van der Waals surface area contributed by atoms with E-state index in [1.165, 1.54) is 32.8 Å². The third-order valence-electron chi connectivity index (χ3n) is 4.24. The second kappa shape index (κ2) is 7.74. The first-order chi connectivity index (χ1) is 8.60. The molecule has 0 aliphatic heterocycles. The van der Waals surface area contributed by atoms with Gasteiger partial charge in [-0.25, -0.2) is 0 Å². The lowest BCUT2D eigenvalue weighted by atomic mass is 9.85. The molecule has 0 amide bonds. The lowest BCUT2D eigenvalue weighted by molar-refractivity contribution is -0.143. The minimum atomic E-state index is -0.184. The van der Waals surface area contributed by atoms with Crippen LogP contribution in [0.4, 0.5) is 0 Å². The Morgan fingerprint density at radius 2 is 2.11 bits per heavy atom. The Bertz CT molecular complexity index is 258. The number of rotatable bonds is 6. The topological polar surface area (TPSA) is 41.6 Å². The van der Waals surface area contributed by atoms with Crippen LogP contribution in [-0.4, -0.2) is 50.7 Å². The fraction of sp³-hybridized carbons (Fsp3) is 0.929. The van der Waals surface area contributed by atoms with Crippen LogP contribution in [0.15, 0.2) is 0 Å². The van der Waals surface area contributed by atoms with Crippen LogP contribution in [-0.2, 0) is 9.53 Å². The molecule has 0 radical (unpaired) electrons. The van der Waals surface area contributed by atoms with Crippen molar-refractivity contribution in [2.24, 2.45) is 5.92 Å². The van der Waals surface area contributed by atoms with Gasteiger partial charge < -0.3 is 15.0 Å². The minimum absolute atomic E-state index is 0.164. The van der Waals surface area contributed by atoms with Crippen molar-refractivity contribution in [3.8, 4) is 0 Å². The van der Waals surface area contributed by atoms with E-state index in [1.54, 1.807) is 0 Å². The average Bonchev–Trinajstić information content (AvgIpc) is 2.39. The molecule has 3 unspecified atom stereocenters. The van der Waals surface area contributed by atoms with E-state index in [2.05, 4.69) is 24.2 Å². The zero-order chi connectivity index (χ0) is 13.5. The lowest BCUT2D eigenvalue weighted by Crippen LogP contribution is -2.43. The van der Waals surface area contributed by atoms with E-state index in [9.17, 15) is 4.79 Å². The van der Waals surface area contributed by atoms with Crippen LogP contribution in [0.5, 0.6) is 0 Å². The zero-order valence-corrected chi connectivity index (χ0v) is 12.2. The van der Waals surface area contributed by atoms with Gasteiger partial charge in [0.1, 0.15) is 6.04 Å². The Morgan fingerprint density at radius 1 is 1.44 bits per heavy atom. The van der Waals surface area contributed by atoms with Crippen LogP contribution in [0.2, 0.25) is 0 Å². The van der Waals surface area contributed by atoms with Crippen molar-refractivity contribution < 1.29 is 9.53 Å². The number of hydrogen-bond donors (Lipinski definition) is 1. The minimum Gasteiger partial charge on any atom is -0.468 e. The molecular weight excluding hydrogens is 228 g/mol. The summed E-state index contributed by atoms with van der Waals surface area (Å²) in [7, 11) is 5.43. The van der Waals surface area contributed by atoms with Gasteiger partial charge in [-0.1, -0.05) is 19.8 Å². The molecule has 0 bridgehead atoms. The molecule has 4 nitrogen and oxygen atoms in total. The number of esters is 1. The standard InChI is InChI=1S/C14H28N2O2/c1-11-7-5-6-8-13(11)16(3)10-9-12(15-2)14(17)18-4/h11-13,15H,5-10H2,1-4H3.